The quantitative estimate of drug-likeness (QED) is 0.259. The summed E-state index contributed by atoms with van der Waals surface area (Å²) in [6, 6.07) is 10.8. The Bertz CT molecular complexity index is 1130. The van der Waals surface area contributed by atoms with E-state index in [1.807, 2.05) is 0 Å². The summed E-state index contributed by atoms with van der Waals surface area (Å²) < 4.78 is 81.2. The average Bonchev–Trinajstić information content (AvgIpc) is 2.64. The highest BCUT2D eigenvalue weighted by molar-refractivity contribution is 7.88. The number of hydrogen-bond donors (Lipinski definition) is 0. The molecular weight excluding hydrogens is 401 g/mol. The number of fused-ring (bicyclic) bond motifs is 3. The van der Waals surface area contributed by atoms with Gasteiger partial charge in [0.2, 0.25) is 0 Å². The van der Waals surface area contributed by atoms with Gasteiger partial charge in [-0.15, -0.1) is 0 Å². The molecule has 0 aliphatic heterocycles. The number of rotatable bonds is 6. The molecule has 3 aromatic rings. The van der Waals surface area contributed by atoms with E-state index in [-0.39, 0.29) is 12.2 Å². The van der Waals surface area contributed by atoms with Crippen molar-refractivity contribution in [2.24, 2.45) is 0 Å². The van der Waals surface area contributed by atoms with Crippen LogP contribution in [0.3, 0.4) is 0 Å². The van der Waals surface area contributed by atoms with Crippen LogP contribution in [0, 0.1) is 0 Å². The van der Waals surface area contributed by atoms with Crippen LogP contribution in [0.25, 0.3) is 21.5 Å². The van der Waals surface area contributed by atoms with Crippen molar-refractivity contribution in [3.8, 4) is 17.2 Å². The first-order valence-corrected chi connectivity index (χ1v) is 9.24. The minimum absolute atomic E-state index is 0.0257. The summed E-state index contributed by atoms with van der Waals surface area (Å²) in [4.78, 5) is 0. The van der Waals surface area contributed by atoms with Crippen LogP contribution in [0.4, 0.5) is 13.2 Å². The predicted molar refractivity (Wildman–Crippen MR) is 96.1 cm³/mol. The Morgan fingerprint density at radius 1 is 0.893 bits per heavy atom. The molecule has 0 fully saturated rings. The normalized spacial score (nSPS) is 12.3. The molecule has 6 nitrogen and oxygen atoms in total. The van der Waals surface area contributed by atoms with E-state index in [1.54, 1.807) is 30.3 Å². The van der Waals surface area contributed by atoms with Crippen molar-refractivity contribution in [2.75, 3.05) is 21.0 Å². The maximum absolute atomic E-state index is 12.8. The van der Waals surface area contributed by atoms with E-state index in [0.717, 1.165) is 0 Å². The molecule has 0 unspecified atom stereocenters. The van der Waals surface area contributed by atoms with Crippen LogP contribution in [-0.2, 0) is 14.9 Å². The van der Waals surface area contributed by atoms with Crippen molar-refractivity contribution in [2.45, 2.75) is 5.51 Å². The highest BCUT2D eigenvalue weighted by Gasteiger charge is 2.48. The zero-order chi connectivity index (χ0) is 20.5. The summed E-state index contributed by atoms with van der Waals surface area (Å²) in [7, 11) is -3.02. The van der Waals surface area contributed by atoms with Gasteiger partial charge in [0.1, 0.15) is 11.5 Å². The lowest BCUT2D eigenvalue weighted by molar-refractivity contribution is -0.0499. The van der Waals surface area contributed by atoms with Crippen LogP contribution in [0.1, 0.15) is 0 Å². The third-order valence-corrected chi connectivity index (χ3v) is 4.88. The molecule has 0 spiro atoms. The molecule has 0 heterocycles. The molecule has 0 saturated heterocycles. The molecule has 0 radical (unpaired) electrons. The lowest BCUT2D eigenvalue weighted by Gasteiger charge is -2.15. The summed E-state index contributed by atoms with van der Waals surface area (Å²) in [5.41, 5.74) is -5.56. The smallest absolute Gasteiger partial charge is 0.497 e. The number of hydrogen-bond acceptors (Lipinski definition) is 6. The van der Waals surface area contributed by atoms with Crippen molar-refractivity contribution in [1.29, 1.82) is 0 Å². The molecular formula is C18H15F3O6S. The Morgan fingerprint density at radius 2 is 1.57 bits per heavy atom. The first-order chi connectivity index (χ1) is 13.2. The van der Waals surface area contributed by atoms with Gasteiger partial charge in [0.05, 0.1) is 7.11 Å². The predicted octanol–water partition coefficient (Wildman–Crippen LogP) is 4.21. The lowest BCUT2D eigenvalue weighted by atomic mass is 10.0. The van der Waals surface area contributed by atoms with E-state index >= 15 is 0 Å². The SMILES string of the molecule is COCOc1ccc2c(c1)cc(OS(=O)(=O)C(F)(F)F)c1cc(OC)ccc12. The van der Waals surface area contributed by atoms with Crippen LogP contribution in [0.15, 0.2) is 42.5 Å². The third kappa shape index (κ3) is 3.78. The number of ether oxygens (including phenoxy) is 3. The summed E-state index contributed by atoms with van der Waals surface area (Å²) in [6.45, 7) is -0.0257. The van der Waals surface area contributed by atoms with Crippen LogP contribution >= 0.6 is 0 Å². The van der Waals surface area contributed by atoms with Gasteiger partial charge in [-0.05, 0) is 52.6 Å². The fourth-order valence-corrected chi connectivity index (χ4v) is 3.13. The van der Waals surface area contributed by atoms with Gasteiger partial charge in [-0.1, -0.05) is 6.07 Å². The number of alkyl halides is 3. The zero-order valence-corrected chi connectivity index (χ0v) is 15.6. The molecule has 0 atom stereocenters. The van der Waals surface area contributed by atoms with Crippen LogP contribution in [-0.4, -0.2) is 34.9 Å². The molecule has 0 aliphatic carbocycles. The number of halogens is 3. The van der Waals surface area contributed by atoms with Gasteiger partial charge >= 0.3 is 15.6 Å². The van der Waals surface area contributed by atoms with E-state index in [4.69, 9.17) is 14.2 Å². The van der Waals surface area contributed by atoms with Crippen molar-refractivity contribution >= 4 is 31.7 Å². The second kappa shape index (κ2) is 7.36. The van der Waals surface area contributed by atoms with Gasteiger partial charge in [0.15, 0.2) is 12.5 Å². The van der Waals surface area contributed by atoms with Gasteiger partial charge in [0.25, 0.3) is 0 Å². The van der Waals surface area contributed by atoms with Gasteiger partial charge < -0.3 is 18.4 Å². The van der Waals surface area contributed by atoms with E-state index in [2.05, 4.69) is 4.18 Å². The van der Waals surface area contributed by atoms with E-state index in [1.165, 1.54) is 26.4 Å². The Kier molecular flexibility index (Phi) is 5.26. The first-order valence-electron chi connectivity index (χ1n) is 7.83. The van der Waals surface area contributed by atoms with Gasteiger partial charge in [-0.25, -0.2) is 0 Å². The fraction of sp³-hybridized carbons (Fsp3) is 0.222. The summed E-state index contributed by atoms with van der Waals surface area (Å²) in [5, 5.41) is 1.74. The topological polar surface area (TPSA) is 71.1 Å². The van der Waals surface area contributed by atoms with E-state index in [0.29, 0.717) is 27.7 Å². The fourth-order valence-electron chi connectivity index (χ4n) is 2.66. The Balaban J connectivity index is 2.25. The maximum atomic E-state index is 12.8. The molecule has 0 bridgehead atoms. The Hall–Kier alpha value is -2.72. The van der Waals surface area contributed by atoms with Crippen molar-refractivity contribution in [3.05, 3.63) is 42.5 Å². The standard InChI is InChI=1S/C18H15F3O6S/c1-24-10-26-13-4-5-14-11(7-13)8-17(27-28(22,23)18(19,20)21)16-9-12(25-2)3-6-15(14)16/h3-9H,10H2,1-2H3. The molecule has 3 aromatic carbocycles. The molecule has 28 heavy (non-hydrogen) atoms. The summed E-state index contributed by atoms with van der Waals surface area (Å²) in [5.74, 6) is 0.260. The van der Waals surface area contributed by atoms with Gasteiger partial charge in [-0.2, -0.15) is 21.6 Å². The summed E-state index contributed by atoms with van der Waals surface area (Å²) >= 11 is 0. The first kappa shape index (κ1) is 20.0. The molecule has 0 amide bonds. The summed E-state index contributed by atoms with van der Waals surface area (Å²) in [6.07, 6.45) is 0. The molecule has 0 aliphatic rings. The third-order valence-electron chi connectivity index (χ3n) is 3.92. The number of methoxy groups -OCH3 is 2. The molecule has 0 N–H and O–H groups in total. The molecule has 10 heteroatoms. The second-order valence-corrected chi connectivity index (χ2v) is 7.24. The highest BCUT2D eigenvalue weighted by atomic mass is 32.2. The Morgan fingerprint density at radius 3 is 2.21 bits per heavy atom. The number of benzene rings is 3. The average molecular weight is 416 g/mol. The zero-order valence-electron chi connectivity index (χ0n) is 14.7. The molecule has 0 saturated carbocycles. The molecule has 0 aromatic heterocycles. The minimum Gasteiger partial charge on any atom is -0.497 e. The van der Waals surface area contributed by atoms with Crippen molar-refractivity contribution in [3.63, 3.8) is 0 Å². The van der Waals surface area contributed by atoms with Crippen LogP contribution in [0.5, 0.6) is 17.2 Å². The molecule has 3 rings (SSSR count). The van der Waals surface area contributed by atoms with Gasteiger partial charge in [-0.3, -0.25) is 0 Å². The second-order valence-electron chi connectivity index (χ2n) is 5.70. The van der Waals surface area contributed by atoms with Gasteiger partial charge in [0, 0.05) is 12.5 Å². The van der Waals surface area contributed by atoms with Crippen molar-refractivity contribution < 1.29 is 40.0 Å². The highest BCUT2D eigenvalue weighted by Crippen LogP contribution is 2.39. The van der Waals surface area contributed by atoms with Crippen LogP contribution < -0.4 is 13.7 Å². The maximum Gasteiger partial charge on any atom is 0.534 e. The lowest BCUT2D eigenvalue weighted by Crippen LogP contribution is -2.28. The Labute approximate surface area is 158 Å². The van der Waals surface area contributed by atoms with E-state index < -0.39 is 21.4 Å². The molecule has 150 valence electrons. The van der Waals surface area contributed by atoms with E-state index in [9.17, 15) is 21.6 Å². The monoisotopic (exact) mass is 416 g/mol. The largest absolute Gasteiger partial charge is 0.534 e. The minimum atomic E-state index is -5.85. The van der Waals surface area contributed by atoms with Crippen LogP contribution in [0.2, 0.25) is 0 Å². The van der Waals surface area contributed by atoms with Crippen molar-refractivity contribution in [1.82, 2.24) is 0 Å².